The maximum absolute atomic E-state index is 12.7. The number of ether oxygens (including phenoxy) is 4. The molecule has 5 rings (SSSR count). The first-order valence-electron chi connectivity index (χ1n) is 10.1. The van der Waals surface area contributed by atoms with Crippen LogP contribution < -0.4 is 24.7 Å². The van der Waals surface area contributed by atoms with Crippen LogP contribution in [0.25, 0.3) is 0 Å². The minimum absolute atomic E-state index is 0.0147. The molecule has 2 aliphatic rings. The summed E-state index contributed by atoms with van der Waals surface area (Å²) in [5.74, 6) is 0.602. The van der Waals surface area contributed by atoms with Crippen LogP contribution in [0.15, 0.2) is 78.2 Å². The van der Waals surface area contributed by atoms with Crippen molar-refractivity contribution < 1.29 is 23.7 Å². The van der Waals surface area contributed by atoms with E-state index in [0.29, 0.717) is 27.8 Å². The van der Waals surface area contributed by atoms with Gasteiger partial charge in [-0.15, -0.1) is 0 Å². The van der Waals surface area contributed by atoms with E-state index >= 15 is 0 Å². The molecule has 3 aromatic rings. The number of allylic oxidation sites excluding steroid dienone is 1. The highest BCUT2D eigenvalue weighted by molar-refractivity contribution is 6.30. The molecule has 8 heteroatoms. The number of hydrogen-bond donors (Lipinski definition) is 1. The van der Waals surface area contributed by atoms with Crippen LogP contribution in [0.5, 0.6) is 23.0 Å². The molecule has 2 unspecified atom stereocenters. The van der Waals surface area contributed by atoms with E-state index in [-0.39, 0.29) is 23.8 Å². The lowest BCUT2D eigenvalue weighted by Gasteiger charge is -2.27. The Balaban J connectivity index is 1.41. The number of carbonyl (C=O) groups is 1. The van der Waals surface area contributed by atoms with Crippen LogP contribution in [0.1, 0.15) is 17.0 Å². The number of halogens is 1. The quantitative estimate of drug-likeness (QED) is 0.459. The minimum Gasteiger partial charge on any atom is -0.485 e. The predicted octanol–water partition coefficient (Wildman–Crippen LogP) is 4.30. The summed E-state index contributed by atoms with van der Waals surface area (Å²) in [6.07, 6.45) is -0.911. The van der Waals surface area contributed by atoms with Gasteiger partial charge in [-0.2, -0.15) is 5.26 Å². The fourth-order valence-electron chi connectivity index (χ4n) is 3.85. The third-order valence-corrected chi connectivity index (χ3v) is 5.60. The number of rotatable bonds is 3. The average Bonchev–Trinajstić information content (AvgIpc) is 2.82. The van der Waals surface area contributed by atoms with Gasteiger partial charge in [0.1, 0.15) is 29.7 Å². The van der Waals surface area contributed by atoms with E-state index in [1.165, 1.54) is 0 Å². The Labute approximate surface area is 194 Å². The molecule has 0 saturated carbocycles. The van der Waals surface area contributed by atoms with Crippen LogP contribution in [0.4, 0.5) is 0 Å². The first-order chi connectivity index (χ1) is 16.0. The summed E-state index contributed by atoms with van der Waals surface area (Å²) < 4.78 is 22.5. The SMILES string of the molecule is N#CC1=C(N)Oc2cc(OC(=O)C3COc4ccccc4O3)ccc2C1c1cccc(Cl)c1. The molecule has 0 amide bonds. The number of para-hydroxylation sites is 2. The second-order valence-corrected chi connectivity index (χ2v) is 7.90. The maximum atomic E-state index is 12.7. The molecule has 3 aromatic carbocycles. The lowest BCUT2D eigenvalue weighted by atomic mass is 9.83. The van der Waals surface area contributed by atoms with Gasteiger partial charge in [0.2, 0.25) is 12.0 Å². The molecule has 0 saturated heterocycles. The predicted molar refractivity (Wildman–Crippen MR) is 119 cm³/mol. The number of carbonyl (C=O) groups excluding carboxylic acids is 1. The van der Waals surface area contributed by atoms with Crippen molar-refractivity contribution in [2.24, 2.45) is 5.73 Å². The Bertz CT molecular complexity index is 1330. The Morgan fingerprint density at radius 1 is 1.06 bits per heavy atom. The summed E-state index contributed by atoms with van der Waals surface area (Å²) >= 11 is 6.17. The normalized spacial score (nSPS) is 18.5. The average molecular weight is 461 g/mol. The molecule has 0 aromatic heterocycles. The molecule has 2 atom stereocenters. The largest absolute Gasteiger partial charge is 0.485 e. The van der Waals surface area contributed by atoms with E-state index in [1.807, 2.05) is 12.1 Å². The second kappa shape index (κ2) is 8.41. The first kappa shape index (κ1) is 20.7. The summed E-state index contributed by atoms with van der Waals surface area (Å²) in [7, 11) is 0. The number of hydrogen-bond acceptors (Lipinski definition) is 7. The van der Waals surface area contributed by atoms with Crippen molar-refractivity contribution in [2.75, 3.05) is 6.61 Å². The number of fused-ring (bicyclic) bond motifs is 2. The lowest BCUT2D eigenvalue weighted by Crippen LogP contribution is -2.39. The minimum atomic E-state index is -0.911. The summed E-state index contributed by atoms with van der Waals surface area (Å²) in [5.41, 5.74) is 7.82. The molecule has 33 heavy (non-hydrogen) atoms. The molecule has 0 bridgehead atoms. The molecule has 2 aliphatic heterocycles. The molecule has 7 nitrogen and oxygen atoms in total. The first-order valence-corrected chi connectivity index (χ1v) is 10.5. The highest BCUT2D eigenvalue weighted by atomic mass is 35.5. The van der Waals surface area contributed by atoms with E-state index < -0.39 is 18.0 Å². The number of nitrogens with two attached hydrogens (primary N) is 1. The van der Waals surface area contributed by atoms with Crippen molar-refractivity contribution in [3.05, 3.63) is 94.3 Å². The molecular weight excluding hydrogens is 444 g/mol. The fraction of sp³-hybridized carbons (Fsp3) is 0.120. The lowest BCUT2D eigenvalue weighted by molar-refractivity contribution is -0.144. The van der Waals surface area contributed by atoms with Gasteiger partial charge < -0.3 is 24.7 Å². The van der Waals surface area contributed by atoms with Gasteiger partial charge in [-0.05, 0) is 35.9 Å². The maximum Gasteiger partial charge on any atom is 0.356 e. The zero-order valence-corrected chi connectivity index (χ0v) is 17.9. The van der Waals surface area contributed by atoms with Gasteiger partial charge in [-0.3, -0.25) is 0 Å². The highest BCUT2D eigenvalue weighted by Crippen LogP contribution is 2.44. The Hall–Kier alpha value is -4.15. The monoisotopic (exact) mass is 460 g/mol. The van der Waals surface area contributed by atoms with Gasteiger partial charge in [0, 0.05) is 16.7 Å². The van der Waals surface area contributed by atoms with E-state index in [2.05, 4.69) is 6.07 Å². The number of benzene rings is 3. The summed E-state index contributed by atoms with van der Waals surface area (Å²) in [4.78, 5) is 12.7. The molecule has 0 spiro atoms. The van der Waals surface area contributed by atoms with Crippen LogP contribution in [0.2, 0.25) is 5.02 Å². The topological polar surface area (TPSA) is 104 Å². The number of nitriles is 1. The summed E-state index contributed by atoms with van der Waals surface area (Å²) in [6.45, 7) is 0.0370. The Morgan fingerprint density at radius 3 is 2.67 bits per heavy atom. The van der Waals surface area contributed by atoms with E-state index in [1.54, 1.807) is 54.6 Å². The van der Waals surface area contributed by atoms with Gasteiger partial charge in [-0.1, -0.05) is 41.9 Å². The van der Waals surface area contributed by atoms with Gasteiger partial charge >= 0.3 is 5.97 Å². The molecule has 164 valence electrons. The van der Waals surface area contributed by atoms with Crippen LogP contribution in [0.3, 0.4) is 0 Å². The number of nitrogens with zero attached hydrogens (tertiary/aromatic N) is 1. The number of esters is 1. The summed E-state index contributed by atoms with van der Waals surface area (Å²) in [6, 6.07) is 21.4. The van der Waals surface area contributed by atoms with Crippen molar-refractivity contribution in [2.45, 2.75) is 12.0 Å². The highest BCUT2D eigenvalue weighted by Gasteiger charge is 2.32. The second-order valence-electron chi connectivity index (χ2n) is 7.46. The third kappa shape index (κ3) is 3.93. The van der Waals surface area contributed by atoms with E-state index in [0.717, 1.165) is 5.56 Å². The van der Waals surface area contributed by atoms with E-state index in [9.17, 15) is 10.1 Å². The summed E-state index contributed by atoms with van der Waals surface area (Å²) in [5, 5.41) is 10.2. The molecule has 2 heterocycles. The van der Waals surface area contributed by atoms with Crippen molar-refractivity contribution in [3.8, 4) is 29.1 Å². The van der Waals surface area contributed by atoms with Gasteiger partial charge in [0.25, 0.3) is 0 Å². The van der Waals surface area contributed by atoms with Crippen molar-refractivity contribution in [1.29, 1.82) is 5.26 Å². The molecule has 0 fully saturated rings. The molecular formula is C25H17ClN2O5. The molecule has 0 radical (unpaired) electrons. The van der Waals surface area contributed by atoms with Gasteiger partial charge in [0.15, 0.2) is 11.5 Å². The van der Waals surface area contributed by atoms with Crippen LogP contribution >= 0.6 is 11.6 Å². The Kier molecular flexibility index (Phi) is 5.29. The van der Waals surface area contributed by atoms with Gasteiger partial charge in [-0.25, -0.2) is 4.79 Å². The van der Waals surface area contributed by atoms with Crippen molar-refractivity contribution in [3.63, 3.8) is 0 Å². The van der Waals surface area contributed by atoms with Crippen molar-refractivity contribution >= 4 is 17.6 Å². The van der Waals surface area contributed by atoms with Crippen LogP contribution in [-0.4, -0.2) is 18.7 Å². The zero-order chi connectivity index (χ0) is 22.9. The van der Waals surface area contributed by atoms with Crippen LogP contribution in [0, 0.1) is 11.3 Å². The smallest absolute Gasteiger partial charge is 0.356 e. The third-order valence-electron chi connectivity index (χ3n) is 5.36. The van der Waals surface area contributed by atoms with E-state index in [4.69, 9.17) is 36.3 Å². The molecule has 0 aliphatic carbocycles. The fourth-order valence-corrected chi connectivity index (χ4v) is 4.04. The molecule has 2 N–H and O–H groups in total. The van der Waals surface area contributed by atoms with Gasteiger partial charge in [0.05, 0.1) is 5.92 Å². The Morgan fingerprint density at radius 2 is 1.88 bits per heavy atom. The zero-order valence-electron chi connectivity index (χ0n) is 17.2. The standard InChI is InChI=1S/C25H17ClN2O5/c26-15-5-3-4-14(10-15)23-17-9-8-16(11-21(17)33-24(28)18(23)12-27)31-25(29)22-13-30-19-6-1-2-7-20(19)32-22/h1-11,22-23H,13,28H2. The van der Waals surface area contributed by atoms with Crippen molar-refractivity contribution in [1.82, 2.24) is 0 Å². The van der Waals surface area contributed by atoms with Crippen LogP contribution in [-0.2, 0) is 4.79 Å².